The lowest BCUT2D eigenvalue weighted by atomic mass is 9.78. The summed E-state index contributed by atoms with van der Waals surface area (Å²) in [6, 6.07) is 11.0. The van der Waals surface area contributed by atoms with Crippen molar-refractivity contribution in [2.75, 3.05) is 5.75 Å². The number of hydrogen-bond acceptors (Lipinski definition) is 2. The van der Waals surface area contributed by atoms with Crippen LogP contribution in [-0.4, -0.2) is 16.5 Å². The van der Waals surface area contributed by atoms with E-state index in [0.29, 0.717) is 11.6 Å². The molecular formula is C18H26N2S. The Balaban J connectivity index is 1.70. The van der Waals surface area contributed by atoms with Gasteiger partial charge in [-0.1, -0.05) is 55.9 Å². The molecule has 0 bridgehead atoms. The Labute approximate surface area is 132 Å². The second kappa shape index (κ2) is 6.43. The van der Waals surface area contributed by atoms with Gasteiger partial charge in [0, 0.05) is 11.3 Å². The molecule has 1 atom stereocenters. The molecule has 0 radical (unpaired) electrons. The molecule has 2 fully saturated rings. The monoisotopic (exact) mass is 302 g/mol. The average molecular weight is 302 g/mol. The van der Waals surface area contributed by atoms with Gasteiger partial charge in [0.2, 0.25) is 0 Å². The van der Waals surface area contributed by atoms with Gasteiger partial charge < -0.3 is 5.32 Å². The van der Waals surface area contributed by atoms with E-state index >= 15 is 0 Å². The number of amidine groups is 1. The number of nitrogens with one attached hydrogen (secondary N) is 1. The van der Waals surface area contributed by atoms with Crippen LogP contribution >= 0.6 is 11.8 Å². The summed E-state index contributed by atoms with van der Waals surface area (Å²) in [6.45, 7) is 4.60. The van der Waals surface area contributed by atoms with Gasteiger partial charge in [0.1, 0.15) is 0 Å². The molecular weight excluding hydrogens is 276 g/mol. The van der Waals surface area contributed by atoms with E-state index in [2.05, 4.69) is 49.5 Å². The highest BCUT2D eigenvalue weighted by Gasteiger charge is 2.39. The van der Waals surface area contributed by atoms with Crippen LogP contribution < -0.4 is 5.32 Å². The summed E-state index contributed by atoms with van der Waals surface area (Å²) < 4.78 is 0. The molecule has 0 amide bonds. The van der Waals surface area contributed by atoms with Gasteiger partial charge in [-0.3, -0.25) is 4.99 Å². The fourth-order valence-corrected chi connectivity index (χ4v) is 4.64. The van der Waals surface area contributed by atoms with Gasteiger partial charge in [0.15, 0.2) is 5.17 Å². The van der Waals surface area contributed by atoms with Gasteiger partial charge in [-0.25, -0.2) is 0 Å². The fraction of sp³-hybridized carbons (Fsp3) is 0.611. The molecule has 0 aromatic heterocycles. The standard InChI is InChI=1S/C18H26N2S/c1-3-16(15-7-5-4-6-8-15)19-17-20-18(13-21-17)11-9-14(2)10-12-18/h4-8,14,16H,3,9-13H2,1-2H3,(H,19,20). The van der Waals surface area contributed by atoms with Crippen molar-refractivity contribution in [2.45, 2.75) is 57.5 Å². The maximum absolute atomic E-state index is 5.00. The summed E-state index contributed by atoms with van der Waals surface area (Å²) in [6.07, 6.45) is 6.39. The van der Waals surface area contributed by atoms with Gasteiger partial charge in [-0.05, 0) is 43.6 Å². The molecule has 2 aliphatic rings. The Morgan fingerprint density at radius 3 is 2.67 bits per heavy atom. The highest BCUT2D eigenvalue weighted by atomic mass is 32.2. The summed E-state index contributed by atoms with van der Waals surface area (Å²) in [5.74, 6) is 2.10. The highest BCUT2D eigenvalue weighted by molar-refractivity contribution is 8.14. The van der Waals surface area contributed by atoms with Crippen molar-refractivity contribution in [3.63, 3.8) is 0 Å². The highest BCUT2D eigenvalue weighted by Crippen LogP contribution is 2.39. The van der Waals surface area contributed by atoms with Crippen molar-refractivity contribution in [2.24, 2.45) is 10.9 Å². The van der Waals surface area contributed by atoms with Crippen molar-refractivity contribution < 1.29 is 0 Å². The fourth-order valence-electron chi connectivity index (χ4n) is 3.38. The van der Waals surface area contributed by atoms with Gasteiger partial charge >= 0.3 is 0 Å². The number of nitrogens with zero attached hydrogens (tertiary/aromatic N) is 1. The lowest BCUT2D eigenvalue weighted by molar-refractivity contribution is 0.250. The second-order valence-corrected chi connectivity index (χ2v) is 7.61. The SMILES string of the molecule is CCC(N=C1NC2(CCC(C)CC2)CS1)c1ccccc1. The number of benzene rings is 1. The summed E-state index contributed by atoms with van der Waals surface area (Å²) >= 11 is 1.93. The van der Waals surface area contributed by atoms with E-state index in [1.807, 2.05) is 11.8 Å². The lowest BCUT2D eigenvalue weighted by Gasteiger charge is -2.35. The average Bonchev–Trinajstić information content (AvgIpc) is 2.92. The van der Waals surface area contributed by atoms with E-state index in [0.717, 1.165) is 12.3 Å². The van der Waals surface area contributed by atoms with Crippen molar-refractivity contribution in [3.8, 4) is 0 Å². The zero-order chi connectivity index (χ0) is 14.7. The molecule has 1 aromatic rings. The molecule has 1 aliphatic heterocycles. The van der Waals surface area contributed by atoms with E-state index in [4.69, 9.17) is 4.99 Å². The van der Waals surface area contributed by atoms with E-state index in [-0.39, 0.29) is 0 Å². The number of rotatable bonds is 3. The minimum atomic E-state index is 0.291. The minimum absolute atomic E-state index is 0.291. The topological polar surface area (TPSA) is 24.4 Å². The van der Waals surface area contributed by atoms with Crippen LogP contribution in [0.1, 0.15) is 57.6 Å². The lowest BCUT2D eigenvalue weighted by Crippen LogP contribution is -2.46. The van der Waals surface area contributed by atoms with Crippen molar-refractivity contribution in [1.82, 2.24) is 5.32 Å². The third kappa shape index (κ3) is 3.45. The molecule has 3 heteroatoms. The molecule has 114 valence electrons. The Bertz CT molecular complexity index is 489. The third-order valence-corrected chi connectivity index (χ3v) is 6.11. The van der Waals surface area contributed by atoms with Crippen molar-refractivity contribution in [1.29, 1.82) is 0 Å². The van der Waals surface area contributed by atoms with E-state index in [1.165, 1.54) is 42.2 Å². The predicted molar refractivity (Wildman–Crippen MR) is 92.9 cm³/mol. The van der Waals surface area contributed by atoms with Crippen LogP contribution in [0, 0.1) is 5.92 Å². The van der Waals surface area contributed by atoms with Gasteiger partial charge in [-0.15, -0.1) is 0 Å². The maximum atomic E-state index is 5.00. The molecule has 1 aliphatic carbocycles. The summed E-state index contributed by atoms with van der Waals surface area (Å²) in [5.41, 5.74) is 1.67. The van der Waals surface area contributed by atoms with E-state index in [1.54, 1.807) is 0 Å². The van der Waals surface area contributed by atoms with Crippen LogP contribution in [0.15, 0.2) is 35.3 Å². The molecule has 1 saturated carbocycles. The van der Waals surface area contributed by atoms with Crippen LogP contribution in [0.5, 0.6) is 0 Å². The summed E-state index contributed by atoms with van der Waals surface area (Å²) in [4.78, 5) is 5.00. The maximum Gasteiger partial charge on any atom is 0.157 e. The third-order valence-electron chi connectivity index (χ3n) is 4.93. The molecule has 1 saturated heterocycles. The van der Waals surface area contributed by atoms with Crippen LogP contribution in [-0.2, 0) is 0 Å². The Morgan fingerprint density at radius 1 is 1.29 bits per heavy atom. The Morgan fingerprint density at radius 2 is 2.00 bits per heavy atom. The first-order chi connectivity index (χ1) is 10.2. The van der Waals surface area contributed by atoms with Gasteiger partial charge in [-0.2, -0.15) is 0 Å². The molecule has 2 nitrogen and oxygen atoms in total. The molecule has 21 heavy (non-hydrogen) atoms. The van der Waals surface area contributed by atoms with Gasteiger partial charge in [0.25, 0.3) is 0 Å². The summed E-state index contributed by atoms with van der Waals surface area (Å²) in [7, 11) is 0. The number of hydrogen-bond donors (Lipinski definition) is 1. The van der Waals surface area contributed by atoms with Crippen LogP contribution in [0.25, 0.3) is 0 Å². The molecule has 1 unspecified atom stereocenters. The van der Waals surface area contributed by atoms with Crippen LogP contribution in [0.3, 0.4) is 0 Å². The summed E-state index contributed by atoms with van der Waals surface area (Å²) in [5, 5.41) is 4.94. The van der Waals surface area contributed by atoms with E-state index in [9.17, 15) is 0 Å². The Hall–Kier alpha value is -0.960. The predicted octanol–water partition coefficient (Wildman–Crippen LogP) is 4.78. The molecule has 1 N–H and O–H groups in total. The minimum Gasteiger partial charge on any atom is -0.359 e. The first-order valence-corrected chi connectivity index (χ1v) is 9.23. The molecule has 1 aromatic carbocycles. The first-order valence-electron chi connectivity index (χ1n) is 8.24. The van der Waals surface area contributed by atoms with Crippen LogP contribution in [0.4, 0.5) is 0 Å². The van der Waals surface area contributed by atoms with Crippen LogP contribution in [0.2, 0.25) is 0 Å². The van der Waals surface area contributed by atoms with E-state index < -0.39 is 0 Å². The molecule has 1 heterocycles. The zero-order valence-corrected chi connectivity index (χ0v) is 14.0. The normalized spacial score (nSPS) is 32.3. The van der Waals surface area contributed by atoms with Crippen molar-refractivity contribution >= 4 is 16.9 Å². The number of thioether (sulfide) groups is 1. The number of aliphatic imine (C=N–C) groups is 1. The quantitative estimate of drug-likeness (QED) is 0.869. The van der Waals surface area contributed by atoms with Crippen molar-refractivity contribution in [3.05, 3.63) is 35.9 Å². The molecule has 1 spiro atoms. The molecule has 3 rings (SSSR count). The van der Waals surface area contributed by atoms with Gasteiger partial charge in [0.05, 0.1) is 6.04 Å². The smallest absolute Gasteiger partial charge is 0.157 e. The second-order valence-electron chi connectivity index (χ2n) is 6.65. The Kier molecular flexibility index (Phi) is 4.58. The largest absolute Gasteiger partial charge is 0.359 e. The zero-order valence-electron chi connectivity index (χ0n) is 13.1. The first kappa shape index (κ1) is 15.0.